The molecule has 2 aliphatic rings. The fourth-order valence-electron chi connectivity index (χ4n) is 3.95. The lowest BCUT2D eigenvalue weighted by Crippen LogP contribution is -2.27. The summed E-state index contributed by atoms with van der Waals surface area (Å²) in [6, 6.07) is 12.1. The molecule has 4 aromatic rings. The first-order valence-electron chi connectivity index (χ1n) is 10.2. The largest absolute Gasteiger partial charge is 0.454 e. The molecule has 2 aliphatic heterocycles. The van der Waals surface area contributed by atoms with Crippen LogP contribution in [0.15, 0.2) is 58.6 Å². The van der Waals surface area contributed by atoms with Crippen molar-refractivity contribution in [2.45, 2.75) is 17.6 Å². The Hall–Kier alpha value is -3.50. The number of hydrogen-bond donors (Lipinski definition) is 1. The van der Waals surface area contributed by atoms with Gasteiger partial charge in [-0.2, -0.15) is 5.10 Å². The molecule has 0 saturated carbocycles. The highest BCUT2D eigenvalue weighted by Gasteiger charge is 2.29. The van der Waals surface area contributed by atoms with Gasteiger partial charge in [-0.3, -0.25) is 14.2 Å². The van der Waals surface area contributed by atoms with Gasteiger partial charge in [-0.25, -0.2) is 9.67 Å². The lowest BCUT2D eigenvalue weighted by molar-refractivity contribution is -0.116. The molecule has 2 aromatic heterocycles. The summed E-state index contributed by atoms with van der Waals surface area (Å²) in [6.45, 7) is 0.168. The van der Waals surface area contributed by atoms with Gasteiger partial charge in [0.1, 0.15) is 5.39 Å². The smallest absolute Gasteiger partial charge is 0.265 e. The van der Waals surface area contributed by atoms with Gasteiger partial charge in [0.05, 0.1) is 17.9 Å². The van der Waals surface area contributed by atoms with Gasteiger partial charge >= 0.3 is 0 Å². The minimum absolute atomic E-state index is 0.146. The number of halogens is 1. The summed E-state index contributed by atoms with van der Waals surface area (Å²) < 4.78 is 13.9. The van der Waals surface area contributed by atoms with Crippen LogP contribution in [0.4, 0.5) is 5.69 Å². The van der Waals surface area contributed by atoms with Crippen LogP contribution in [0.2, 0.25) is 5.02 Å². The zero-order valence-electron chi connectivity index (χ0n) is 17.0. The average Bonchev–Trinajstić information content (AvgIpc) is 3.53. The Balaban J connectivity index is 1.27. The van der Waals surface area contributed by atoms with E-state index in [1.165, 1.54) is 18.0 Å². The number of aromatic nitrogens is 4. The summed E-state index contributed by atoms with van der Waals surface area (Å²) in [5, 5.41) is 8.81. The molecule has 1 unspecified atom stereocenters. The number of anilines is 1. The van der Waals surface area contributed by atoms with Crippen molar-refractivity contribution in [1.82, 2.24) is 19.3 Å². The van der Waals surface area contributed by atoms with Crippen molar-refractivity contribution in [3.05, 3.63) is 64.0 Å². The summed E-state index contributed by atoms with van der Waals surface area (Å²) in [5.41, 5.74) is 1.64. The van der Waals surface area contributed by atoms with E-state index in [2.05, 4.69) is 15.4 Å². The van der Waals surface area contributed by atoms with Gasteiger partial charge in [0.25, 0.3) is 5.56 Å². The van der Waals surface area contributed by atoms with Crippen LogP contribution in [0.5, 0.6) is 11.5 Å². The second kappa shape index (κ2) is 7.82. The van der Waals surface area contributed by atoms with Gasteiger partial charge in [-0.15, -0.1) is 0 Å². The third-order valence-corrected chi connectivity index (χ3v) is 6.87. The number of carbonyl (C=O) groups excluding carboxylic acids is 1. The molecule has 6 rings (SSSR count). The van der Waals surface area contributed by atoms with E-state index in [4.69, 9.17) is 21.1 Å². The van der Waals surface area contributed by atoms with Crippen LogP contribution in [0.1, 0.15) is 12.5 Å². The Labute approximate surface area is 196 Å². The highest BCUT2D eigenvalue weighted by atomic mass is 35.5. The van der Waals surface area contributed by atoms with E-state index in [1.54, 1.807) is 39.6 Å². The number of benzene rings is 2. The van der Waals surface area contributed by atoms with E-state index in [1.807, 2.05) is 12.1 Å². The number of rotatable bonds is 4. The first-order chi connectivity index (χ1) is 16.1. The number of hydrogen-bond acceptors (Lipinski definition) is 7. The van der Waals surface area contributed by atoms with Crippen LogP contribution in [0.3, 0.4) is 0 Å². The Morgan fingerprint density at radius 3 is 2.85 bits per heavy atom. The van der Waals surface area contributed by atoms with Crippen LogP contribution in [-0.2, 0) is 4.79 Å². The fraction of sp³-hybridized carbons (Fsp3) is 0.182. The highest BCUT2D eigenvalue weighted by molar-refractivity contribution is 7.99. The normalized spacial score (nSPS) is 16.2. The van der Waals surface area contributed by atoms with E-state index in [9.17, 15) is 9.59 Å². The van der Waals surface area contributed by atoms with Crippen molar-refractivity contribution in [2.24, 2.45) is 0 Å². The molecule has 9 nitrogen and oxygen atoms in total. The predicted octanol–water partition coefficient (Wildman–Crippen LogP) is 3.64. The highest BCUT2D eigenvalue weighted by Crippen LogP contribution is 2.36. The Kier molecular flexibility index (Phi) is 4.77. The van der Waals surface area contributed by atoms with Crippen LogP contribution in [0, 0.1) is 0 Å². The second-order valence-corrected chi connectivity index (χ2v) is 9.05. The van der Waals surface area contributed by atoms with Gasteiger partial charge in [0.2, 0.25) is 12.7 Å². The van der Waals surface area contributed by atoms with Gasteiger partial charge in [-0.05, 0) is 36.4 Å². The molecular weight excluding hydrogens is 466 g/mol. The topological polar surface area (TPSA) is 100 Å². The Bertz CT molecular complexity index is 1470. The monoisotopic (exact) mass is 481 g/mol. The van der Waals surface area contributed by atoms with Crippen molar-refractivity contribution in [1.29, 1.82) is 0 Å². The maximum absolute atomic E-state index is 13.3. The lowest BCUT2D eigenvalue weighted by Gasteiger charge is -2.13. The number of ether oxygens (including phenoxy) is 2. The molecule has 0 radical (unpaired) electrons. The zero-order chi connectivity index (χ0) is 22.5. The summed E-state index contributed by atoms with van der Waals surface area (Å²) in [6.07, 6.45) is 1.66. The van der Waals surface area contributed by atoms with Crippen LogP contribution in [-0.4, -0.2) is 37.8 Å². The van der Waals surface area contributed by atoms with E-state index in [0.717, 1.165) is 5.69 Å². The predicted molar refractivity (Wildman–Crippen MR) is 124 cm³/mol. The summed E-state index contributed by atoms with van der Waals surface area (Å²) in [5.74, 6) is 1.62. The van der Waals surface area contributed by atoms with Crippen LogP contribution in [0.25, 0.3) is 16.7 Å². The van der Waals surface area contributed by atoms with E-state index in [0.29, 0.717) is 44.2 Å². The van der Waals surface area contributed by atoms with Gasteiger partial charge < -0.3 is 14.8 Å². The molecule has 1 atom stereocenters. The molecule has 166 valence electrons. The first-order valence-corrected chi connectivity index (χ1v) is 11.5. The van der Waals surface area contributed by atoms with Crippen LogP contribution < -0.4 is 20.3 Å². The number of nitrogens with zero attached hydrogens (tertiary/aromatic N) is 4. The molecule has 1 amide bonds. The van der Waals surface area contributed by atoms with Crippen molar-refractivity contribution in [3.63, 3.8) is 0 Å². The number of carbonyl (C=O) groups is 1. The second-order valence-electron chi connectivity index (χ2n) is 7.62. The van der Waals surface area contributed by atoms with Crippen LogP contribution >= 0.6 is 23.4 Å². The Morgan fingerprint density at radius 1 is 1.18 bits per heavy atom. The van der Waals surface area contributed by atoms with Crippen molar-refractivity contribution < 1.29 is 14.3 Å². The van der Waals surface area contributed by atoms with E-state index in [-0.39, 0.29) is 30.7 Å². The van der Waals surface area contributed by atoms with Crippen molar-refractivity contribution >= 4 is 46.0 Å². The minimum atomic E-state index is -0.303. The van der Waals surface area contributed by atoms with Gasteiger partial charge in [0, 0.05) is 29.0 Å². The SMILES string of the molecule is O=C(CC1CSc2nc3c(cnn3-c3ccc(Cl)cc3)c(=O)n21)Nc1ccc2c(c1)OCO2. The summed E-state index contributed by atoms with van der Waals surface area (Å²) in [7, 11) is 0. The maximum Gasteiger partial charge on any atom is 0.265 e. The van der Waals surface area contributed by atoms with Crippen molar-refractivity contribution in [3.8, 4) is 17.2 Å². The standard InChI is InChI=1S/C22H16ClN5O4S/c23-12-1-4-14(5-2-12)28-20-16(9-24-28)21(30)27-15(10-33-22(27)26-20)8-19(29)25-13-3-6-17-18(7-13)32-11-31-17/h1-7,9,15H,8,10-11H2,(H,25,29). The fourth-order valence-corrected chi connectivity index (χ4v) is 5.21. The Morgan fingerprint density at radius 2 is 2.00 bits per heavy atom. The number of amides is 1. The summed E-state index contributed by atoms with van der Waals surface area (Å²) in [4.78, 5) is 30.7. The lowest BCUT2D eigenvalue weighted by atomic mass is 10.2. The molecule has 0 spiro atoms. The molecule has 4 heterocycles. The quantitative estimate of drug-likeness (QED) is 0.444. The molecule has 1 N–H and O–H groups in total. The number of thioether (sulfide) groups is 1. The summed E-state index contributed by atoms with van der Waals surface area (Å²) >= 11 is 7.43. The molecule has 0 bridgehead atoms. The molecule has 0 saturated heterocycles. The van der Waals surface area contributed by atoms with E-state index < -0.39 is 0 Å². The first kappa shape index (κ1) is 20.1. The number of nitrogens with one attached hydrogen (secondary N) is 1. The molecule has 2 aromatic carbocycles. The molecule has 11 heteroatoms. The number of fused-ring (bicyclic) bond motifs is 3. The maximum atomic E-state index is 13.3. The zero-order valence-corrected chi connectivity index (χ0v) is 18.6. The van der Waals surface area contributed by atoms with Gasteiger partial charge in [0.15, 0.2) is 22.3 Å². The average molecular weight is 482 g/mol. The minimum Gasteiger partial charge on any atom is -0.454 e. The third-order valence-electron chi connectivity index (χ3n) is 5.52. The van der Waals surface area contributed by atoms with Crippen molar-refractivity contribution in [2.75, 3.05) is 17.9 Å². The van der Waals surface area contributed by atoms with E-state index >= 15 is 0 Å². The molecule has 0 fully saturated rings. The molecular formula is C22H16ClN5O4S. The molecule has 33 heavy (non-hydrogen) atoms. The molecule has 0 aliphatic carbocycles. The third kappa shape index (κ3) is 3.51. The van der Waals surface area contributed by atoms with Gasteiger partial charge in [-0.1, -0.05) is 23.4 Å².